The highest BCUT2D eigenvalue weighted by atomic mass is 16.2. The van der Waals surface area contributed by atoms with E-state index in [4.69, 9.17) is 0 Å². The molecule has 0 unspecified atom stereocenters. The average Bonchev–Trinajstić information content (AvgIpc) is 2.07. The Bertz CT molecular complexity index is 191. The van der Waals surface area contributed by atoms with Gasteiger partial charge in [0.15, 0.2) is 0 Å². The highest BCUT2D eigenvalue weighted by Crippen LogP contribution is 2.02. The third-order valence-electron chi connectivity index (χ3n) is 1.92. The highest BCUT2D eigenvalue weighted by molar-refractivity contribution is 5.94. The van der Waals surface area contributed by atoms with Gasteiger partial charge in [0.25, 0.3) is 0 Å². The van der Waals surface area contributed by atoms with Crippen molar-refractivity contribution < 1.29 is 9.59 Å². The molecule has 2 amide bonds. The van der Waals surface area contributed by atoms with E-state index in [1.165, 1.54) is 0 Å². The van der Waals surface area contributed by atoms with Gasteiger partial charge in [0.05, 0.1) is 6.54 Å². The maximum atomic E-state index is 11.1. The maximum Gasteiger partial charge on any atom is 0.243 e. The third-order valence-corrected chi connectivity index (χ3v) is 1.92. The van der Waals surface area contributed by atoms with Gasteiger partial charge in [-0.25, -0.2) is 0 Å². The molecule has 1 aliphatic rings. The largest absolute Gasteiger partial charge is 0.345 e. The van der Waals surface area contributed by atoms with Crippen molar-refractivity contribution in [3.05, 3.63) is 0 Å². The summed E-state index contributed by atoms with van der Waals surface area (Å²) in [4.78, 5) is 22.0. The van der Waals surface area contributed by atoms with Gasteiger partial charge in [-0.15, -0.1) is 0 Å². The van der Waals surface area contributed by atoms with Crippen LogP contribution in [0.25, 0.3) is 0 Å². The molecule has 0 saturated carbocycles. The summed E-state index contributed by atoms with van der Waals surface area (Å²) in [6.45, 7) is 2.18. The summed E-state index contributed by atoms with van der Waals surface area (Å²) in [5.41, 5.74) is 0. The van der Waals surface area contributed by atoms with E-state index in [1.54, 1.807) is 0 Å². The Morgan fingerprint density at radius 3 is 2.92 bits per heavy atom. The first-order valence-corrected chi connectivity index (χ1v) is 4.31. The lowest BCUT2D eigenvalue weighted by Gasteiger charge is -2.22. The molecular formula is C8H14N2O2. The van der Waals surface area contributed by atoms with Gasteiger partial charge in [-0.05, 0) is 6.42 Å². The van der Waals surface area contributed by atoms with Crippen molar-refractivity contribution in [1.29, 1.82) is 0 Å². The minimum atomic E-state index is -0.300. The van der Waals surface area contributed by atoms with Crippen molar-refractivity contribution >= 4 is 11.8 Å². The Morgan fingerprint density at radius 1 is 1.50 bits per heavy atom. The normalized spacial score (nSPS) is 23.2. The first kappa shape index (κ1) is 9.03. The van der Waals surface area contributed by atoms with Crippen molar-refractivity contribution in [3.63, 3.8) is 0 Å². The number of carbonyl (C=O) groups excluding carboxylic acids is 2. The summed E-state index contributed by atoms with van der Waals surface area (Å²) in [6, 6.07) is -0.300. The summed E-state index contributed by atoms with van der Waals surface area (Å²) in [5, 5.41) is 5.19. The average molecular weight is 170 g/mol. The first-order valence-electron chi connectivity index (χ1n) is 4.31. The van der Waals surface area contributed by atoms with Gasteiger partial charge in [0.1, 0.15) is 6.04 Å². The lowest BCUT2D eigenvalue weighted by atomic mass is 10.1. The minimum Gasteiger partial charge on any atom is -0.345 e. The van der Waals surface area contributed by atoms with E-state index in [0.717, 1.165) is 19.3 Å². The number of unbranched alkanes of at least 4 members (excludes halogenated alkanes) is 1. The van der Waals surface area contributed by atoms with Crippen molar-refractivity contribution in [3.8, 4) is 0 Å². The van der Waals surface area contributed by atoms with Gasteiger partial charge in [0.2, 0.25) is 11.8 Å². The molecule has 0 spiro atoms. The van der Waals surface area contributed by atoms with E-state index in [-0.39, 0.29) is 24.4 Å². The Hall–Kier alpha value is -1.06. The second-order valence-electron chi connectivity index (χ2n) is 2.98. The molecule has 12 heavy (non-hydrogen) atoms. The Morgan fingerprint density at radius 2 is 2.25 bits per heavy atom. The van der Waals surface area contributed by atoms with E-state index in [9.17, 15) is 9.59 Å². The first-order chi connectivity index (χ1) is 5.74. The Kier molecular flexibility index (Phi) is 3.08. The standard InChI is InChI=1S/C8H14N2O2/c1-2-3-4-6-8(12)9-5-7(11)10-6/h6H,2-5H2,1H3,(H,9,12)(H,10,11)/t6-/m1/s1. The monoisotopic (exact) mass is 170 g/mol. The molecule has 1 heterocycles. The second kappa shape index (κ2) is 4.09. The molecular weight excluding hydrogens is 156 g/mol. The number of carbonyl (C=O) groups is 2. The van der Waals surface area contributed by atoms with E-state index >= 15 is 0 Å². The number of hydrogen-bond acceptors (Lipinski definition) is 2. The van der Waals surface area contributed by atoms with Crippen LogP contribution in [-0.4, -0.2) is 24.4 Å². The van der Waals surface area contributed by atoms with Crippen LogP contribution in [0.2, 0.25) is 0 Å². The predicted molar refractivity (Wildman–Crippen MR) is 44.5 cm³/mol. The molecule has 1 aliphatic heterocycles. The van der Waals surface area contributed by atoms with E-state index in [1.807, 2.05) is 0 Å². The van der Waals surface area contributed by atoms with Crippen molar-refractivity contribution in [1.82, 2.24) is 10.6 Å². The molecule has 2 N–H and O–H groups in total. The molecule has 68 valence electrons. The fraction of sp³-hybridized carbons (Fsp3) is 0.750. The van der Waals surface area contributed by atoms with Crippen LogP contribution in [0.1, 0.15) is 26.2 Å². The van der Waals surface area contributed by atoms with Crippen LogP contribution in [-0.2, 0) is 9.59 Å². The van der Waals surface area contributed by atoms with E-state index in [0.29, 0.717) is 0 Å². The van der Waals surface area contributed by atoms with Crippen molar-refractivity contribution in [2.75, 3.05) is 6.54 Å². The predicted octanol–water partition coefficient (Wildman–Crippen LogP) is -0.209. The van der Waals surface area contributed by atoms with E-state index in [2.05, 4.69) is 17.6 Å². The zero-order chi connectivity index (χ0) is 8.97. The van der Waals surface area contributed by atoms with Crippen molar-refractivity contribution in [2.45, 2.75) is 32.2 Å². The number of amides is 2. The van der Waals surface area contributed by atoms with Crippen LogP contribution < -0.4 is 10.6 Å². The SMILES string of the molecule is CCCC[C@H]1NC(=O)CNC1=O. The molecule has 1 atom stereocenters. The van der Waals surface area contributed by atoms with Crippen LogP contribution in [0, 0.1) is 0 Å². The molecule has 1 saturated heterocycles. The summed E-state index contributed by atoms with van der Waals surface area (Å²) in [5.74, 6) is -0.140. The third kappa shape index (κ3) is 2.22. The number of piperazine rings is 1. The lowest BCUT2D eigenvalue weighted by molar-refractivity contribution is -0.133. The van der Waals surface area contributed by atoms with Crippen LogP contribution in [0.15, 0.2) is 0 Å². The van der Waals surface area contributed by atoms with E-state index < -0.39 is 0 Å². The molecule has 0 bridgehead atoms. The molecule has 0 aromatic carbocycles. The van der Waals surface area contributed by atoms with Crippen molar-refractivity contribution in [2.24, 2.45) is 0 Å². The molecule has 0 aliphatic carbocycles. The highest BCUT2D eigenvalue weighted by Gasteiger charge is 2.24. The minimum absolute atomic E-state index is 0.0527. The summed E-state index contributed by atoms with van der Waals surface area (Å²) >= 11 is 0. The van der Waals surface area contributed by atoms with Gasteiger partial charge in [0, 0.05) is 0 Å². The zero-order valence-electron chi connectivity index (χ0n) is 7.22. The lowest BCUT2D eigenvalue weighted by Crippen LogP contribution is -2.55. The molecule has 0 radical (unpaired) electrons. The number of hydrogen-bond donors (Lipinski definition) is 2. The maximum absolute atomic E-state index is 11.1. The van der Waals surface area contributed by atoms with Crippen LogP contribution in [0.3, 0.4) is 0 Å². The van der Waals surface area contributed by atoms with Gasteiger partial charge in [-0.1, -0.05) is 19.8 Å². The van der Waals surface area contributed by atoms with Gasteiger partial charge < -0.3 is 10.6 Å². The molecule has 0 aromatic heterocycles. The topological polar surface area (TPSA) is 58.2 Å². The molecule has 0 aromatic rings. The second-order valence-corrected chi connectivity index (χ2v) is 2.98. The fourth-order valence-electron chi connectivity index (χ4n) is 1.21. The molecule has 1 rings (SSSR count). The number of nitrogens with one attached hydrogen (secondary N) is 2. The van der Waals surface area contributed by atoms with Gasteiger partial charge >= 0.3 is 0 Å². The molecule has 1 fully saturated rings. The zero-order valence-corrected chi connectivity index (χ0v) is 7.22. The quantitative estimate of drug-likeness (QED) is 0.615. The number of rotatable bonds is 3. The molecule has 4 nitrogen and oxygen atoms in total. The van der Waals surface area contributed by atoms with Gasteiger partial charge in [-0.2, -0.15) is 0 Å². The Balaban J connectivity index is 2.38. The fourth-order valence-corrected chi connectivity index (χ4v) is 1.21. The summed E-state index contributed by atoms with van der Waals surface area (Å²) < 4.78 is 0. The van der Waals surface area contributed by atoms with Crippen LogP contribution in [0.4, 0.5) is 0 Å². The molecule has 4 heteroatoms. The summed E-state index contributed by atoms with van der Waals surface area (Å²) in [7, 11) is 0. The Labute approximate surface area is 71.7 Å². The smallest absolute Gasteiger partial charge is 0.243 e. The van der Waals surface area contributed by atoms with Crippen LogP contribution in [0.5, 0.6) is 0 Å². The van der Waals surface area contributed by atoms with Gasteiger partial charge in [-0.3, -0.25) is 9.59 Å². The van der Waals surface area contributed by atoms with Crippen LogP contribution >= 0.6 is 0 Å². The summed E-state index contributed by atoms with van der Waals surface area (Å²) in [6.07, 6.45) is 2.76.